The molecule has 1 aromatic carbocycles. The number of nitrogens with zero attached hydrogens (tertiary/aromatic N) is 1. The van der Waals surface area contributed by atoms with Gasteiger partial charge in [-0.05, 0) is 30.5 Å². The van der Waals surface area contributed by atoms with Gasteiger partial charge in [-0.15, -0.1) is 0 Å². The van der Waals surface area contributed by atoms with E-state index in [9.17, 15) is 24.0 Å². The number of benzene rings is 1. The number of hydrogen-bond acceptors (Lipinski definition) is 5. The Hall–Kier alpha value is -3.29. The van der Waals surface area contributed by atoms with Gasteiger partial charge in [0.2, 0.25) is 11.8 Å². The van der Waals surface area contributed by atoms with Crippen molar-refractivity contribution in [3.05, 3.63) is 41.0 Å². The van der Waals surface area contributed by atoms with Crippen LogP contribution in [0.2, 0.25) is 0 Å². The maximum Gasteiger partial charge on any atom is 0.328 e. The van der Waals surface area contributed by atoms with Crippen molar-refractivity contribution in [2.75, 3.05) is 0 Å². The van der Waals surface area contributed by atoms with E-state index in [-0.39, 0.29) is 29.5 Å². The smallest absolute Gasteiger partial charge is 0.328 e. The Balaban J connectivity index is 2.00. The second-order valence-corrected chi connectivity index (χ2v) is 5.74. The molecule has 0 spiro atoms. The van der Waals surface area contributed by atoms with Gasteiger partial charge in [-0.25, -0.2) is 4.79 Å². The van der Waals surface area contributed by atoms with Crippen LogP contribution in [0.25, 0.3) is 6.08 Å². The highest BCUT2D eigenvalue weighted by atomic mass is 16.4. The van der Waals surface area contributed by atoms with Crippen LogP contribution in [0.3, 0.4) is 0 Å². The Morgan fingerprint density at radius 1 is 1.20 bits per heavy atom. The van der Waals surface area contributed by atoms with Crippen LogP contribution in [0, 0.1) is 0 Å². The number of aliphatic carboxylic acids is 1. The Bertz CT molecular complexity index is 842. The van der Waals surface area contributed by atoms with Gasteiger partial charge in [-0.2, -0.15) is 0 Å². The summed E-state index contributed by atoms with van der Waals surface area (Å²) >= 11 is 0. The number of carbonyl (C=O) groups excluding carboxylic acids is 4. The van der Waals surface area contributed by atoms with Gasteiger partial charge >= 0.3 is 5.97 Å². The second kappa shape index (κ2) is 6.31. The normalized spacial score (nSPS) is 20.6. The standard InChI is InChI=1S/C17H14N2O6/c20-12-6-2-5-11(15(23)18-12)19-16(24)10-4-1-3-9(7-8-13(21)22)14(10)17(19)25/h1,3-4,7-8,11H,2,5-6H2,(H,21,22)(H,18,20,23). The lowest BCUT2D eigenvalue weighted by molar-refractivity contribution is -0.132. The van der Waals surface area contributed by atoms with E-state index in [4.69, 9.17) is 5.11 Å². The average Bonchev–Trinajstić information content (AvgIpc) is 2.70. The van der Waals surface area contributed by atoms with Gasteiger partial charge in [0.15, 0.2) is 0 Å². The van der Waals surface area contributed by atoms with Crippen LogP contribution >= 0.6 is 0 Å². The predicted molar refractivity (Wildman–Crippen MR) is 84.4 cm³/mol. The third-order valence-corrected chi connectivity index (χ3v) is 4.14. The van der Waals surface area contributed by atoms with E-state index in [1.165, 1.54) is 24.3 Å². The first-order valence-corrected chi connectivity index (χ1v) is 7.65. The summed E-state index contributed by atoms with van der Waals surface area (Å²) in [5, 5.41) is 10.9. The van der Waals surface area contributed by atoms with Gasteiger partial charge in [-0.3, -0.25) is 29.4 Å². The highest BCUT2D eigenvalue weighted by Gasteiger charge is 2.44. The SMILES string of the molecule is O=C(O)C=Cc1cccc2c1C(=O)N(C1CCCC(=O)NC1=O)C2=O. The molecule has 0 bridgehead atoms. The van der Waals surface area contributed by atoms with Crippen molar-refractivity contribution in [3.8, 4) is 0 Å². The van der Waals surface area contributed by atoms with Crippen molar-refractivity contribution >= 4 is 35.7 Å². The van der Waals surface area contributed by atoms with Crippen LogP contribution in [0.5, 0.6) is 0 Å². The van der Waals surface area contributed by atoms with Gasteiger partial charge in [0.05, 0.1) is 11.1 Å². The molecule has 2 aliphatic heterocycles. The molecular weight excluding hydrogens is 328 g/mol. The number of imide groups is 2. The minimum absolute atomic E-state index is 0.0633. The van der Waals surface area contributed by atoms with E-state index in [0.717, 1.165) is 11.0 Å². The Morgan fingerprint density at radius 3 is 2.68 bits per heavy atom. The number of hydrogen-bond donors (Lipinski definition) is 2. The Labute approximate surface area is 142 Å². The maximum atomic E-state index is 12.8. The second-order valence-electron chi connectivity index (χ2n) is 5.74. The van der Waals surface area contributed by atoms with E-state index >= 15 is 0 Å². The molecule has 2 heterocycles. The third kappa shape index (κ3) is 2.93. The molecule has 1 fully saturated rings. The van der Waals surface area contributed by atoms with Crippen molar-refractivity contribution in [1.29, 1.82) is 0 Å². The summed E-state index contributed by atoms with van der Waals surface area (Å²) in [7, 11) is 0. The molecular formula is C17H14N2O6. The summed E-state index contributed by atoms with van der Waals surface area (Å²) in [6, 6.07) is 3.44. The lowest BCUT2D eigenvalue weighted by Crippen LogP contribution is -2.49. The molecule has 2 N–H and O–H groups in total. The highest BCUT2D eigenvalue weighted by Crippen LogP contribution is 2.30. The van der Waals surface area contributed by atoms with E-state index in [1.807, 2.05) is 0 Å². The summed E-state index contributed by atoms with van der Waals surface area (Å²) in [5.41, 5.74) is 0.458. The third-order valence-electron chi connectivity index (χ3n) is 4.14. The molecule has 4 amide bonds. The lowest BCUT2D eigenvalue weighted by Gasteiger charge is -2.23. The van der Waals surface area contributed by atoms with E-state index in [1.54, 1.807) is 0 Å². The van der Waals surface area contributed by atoms with Crippen molar-refractivity contribution in [1.82, 2.24) is 10.2 Å². The largest absolute Gasteiger partial charge is 0.478 e. The molecule has 1 atom stereocenters. The molecule has 1 unspecified atom stereocenters. The fourth-order valence-electron chi connectivity index (χ4n) is 3.03. The zero-order chi connectivity index (χ0) is 18.1. The van der Waals surface area contributed by atoms with E-state index in [0.29, 0.717) is 6.42 Å². The maximum absolute atomic E-state index is 12.8. The number of rotatable bonds is 3. The number of carboxylic acid groups (broad SMARTS) is 1. The molecule has 128 valence electrons. The molecule has 1 saturated heterocycles. The lowest BCUT2D eigenvalue weighted by atomic mass is 10.0. The van der Waals surface area contributed by atoms with Crippen LogP contribution < -0.4 is 5.32 Å². The minimum Gasteiger partial charge on any atom is -0.478 e. The number of carboxylic acids is 1. The van der Waals surface area contributed by atoms with Gasteiger partial charge < -0.3 is 5.11 Å². The molecule has 0 radical (unpaired) electrons. The van der Waals surface area contributed by atoms with E-state index < -0.39 is 35.6 Å². The van der Waals surface area contributed by atoms with Gasteiger partial charge in [-0.1, -0.05) is 12.1 Å². The quantitative estimate of drug-likeness (QED) is 0.612. The first kappa shape index (κ1) is 16.6. The predicted octanol–water partition coefficient (Wildman–Crippen LogP) is 0.576. The zero-order valence-electron chi connectivity index (χ0n) is 13.0. The zero-order valence-corrected chi connectivity index (χ0v) is 13.0. The number of fused-ring (bicyclic) bond motifs is 1. The summed E-state index contributed by atoms with van der Waals surface area (Å²) < 4.78 is 0. The number of nitrogens with one attached hydrogen (secondary N) is 1. The number of amides is 4. The van der Waals surface area contributed by atoms with Crippen LogP contribution in [0.1, 0.15) is 45.5 Å². The Morgan fingerprint density at radius 2 is 1.96 bits per heavy atom. The van der Waals surface area contributed by atoms with Crippen molar-refractivity contribution < 1.29 is 29.1 Å². The summed E-state index contributed by atoms with van der Waals surface area (Å²) in [6.45, 7) is 0. The molecule has 2 aliphatic rings. The summed E-state index contributed by atoms with van der Waals surface area (Å²) in [6.07, 6.45) is 2.82. The molecule has 0 aromatic heterocycles. The van der Waals surface area contributed by atoms with Crippen molar-refractivity contribution in [2.45, 2.75) is 25.3 Å². The average molecular weight is 342 g/mol. The molecule has 0 saturated carbocycles. The Kier molecular flexibility index (Phi) is 4.18. The number of carbonyl (C=O) groups is 5. The summed E-state index contributed by atoms with van der Waals surface area (Å²) in [5.74, 6) is -3.60. The van der Waals surface area contributed by atoms with Crippen LogP contribution in [-0.2, 0) is 14.4 Å². The fraction of sp³-hybridized carbons (Fsp3) is 0.235. The topological polar surface area (TPSA) is 121 Å². The monoisotopic (exact) mass is 342 g/mol. The van der Waals surface area contributed by atoms with Gasteiger partial charge in [0.1, 0.15) is 6.04 Å². The van der Waals surface area contributed by atoms with Gasteiger partial charge in [0, 0.05) is 12.5 Å². The molecule has 8 heteroatoms. The van der Waals surface area contributed by atoms with Gasteiger partial charge in [0.25, 0.3) is 11.8 Å². The molecule has 25 heavy (non-hydrogen) atoms. The first-order valence-electron chi connectivity index (χ1n) is 7.65. The highest BCUT2D eigenvalue weighted by molar-refractivity contribution is 6.24. The van der Waals surface area contributed by atoms with Crippen molar-refractivity contribution in [2.24, 2.45) is 0 Å². The van der Waals surface area contributed by atoms with Crippen LogP contribution in [0.15, 0.2) is 24.3 Å². The molecule has 1 aromatic rings. The van der Waals surface area contributed by atoms with Crippen LogP contribution in [-0.4, -0.2) is 45.6 Å². The van der Waals surface area contributed by atoms with Crippen LogP contribution in [0.4, 0.5) is 0 Å². The molecule has 8 nitrogen and oxygen atoms in total. The fourth-order valence-corrected chi connectivity index (χ4v) is 3.03. The van der Waals surface area contributed by atoms with E-state index in [2.05, 4.69) is 5.32 Å². The van der Waals surface area contributed by atoms with Crippen molar-refractivity contribution in [3.63, 3.8) is 0 Å². The summed E-state index contributed by atoms with van der Waals surface area (Å²) in [4.78, 5) is 60.6. The molecule has 0 aliphatic carbocycles. The first-order chi connectivity index (χ1) is 11.9. The molecule has 3 rings (SSSR count). The minimum atomic E-state index is -1.19.